The van der Waals surface area contributed by atoms with E-state index >= 15 is 0 Å². The van der Waals surface area contributed by atoms with Crippen molar-refractivity contribution in [2.24, 2.45) is 11.8 Å². The summed E-state index contributed by atoms with van der Waals surface area (Å²) in [5, 5.41) is 6.61. The fourth-order valence-electron chi connectivity index (χ4n) is 3.46. The first-order valence-corrected chi connectivity index (χ1v) is 6.94. The highest BCUT2D eigenvalue weighted by atomic mass is 16.5. The third kappa shape index (κ3) is 2.47. The molecular formula is C13H22N2O2. The summed E-state index contributed by atoms with van der Waals surface area (Å²) in [6.45, 7) is 2.60. The van der Waals surface area contributed by atoms with Crippen LogP contribution in [0.25, 0.3) is 0 Å². The first-order chi connectivity index (χ1) is 8.33. The van der Waals surface area contributed by atoms with Gasteiger partial charge in [0.05, 0.1) is 5.92 Å². The molecule has 0 aromatic heterocycles. The minimum atomic E-state index is 0.230. The maximum absolute atomic E-state index is 12.0. The maximum atomic E-state index is 12.0. The Morgan fingerprint density at radius 1 is 1.35 bits per heavy atom. The smallest absolute Gasteiger partial charge is 0.224 e. The van der Waals surface area contributed by atoms with Crippen LogP contribution >= 0.6 is 0 Å². The van der Waals surface area contributed by atoms with E-state index in [1.807, 2.05) is 0 Å². The summed E-state index contributed by atoms with van der Waals surface area (Å²) in [5.74, 6) is 1.16. The van der Waals surface area contributed by atoms with Crippen LogP contribution in [0.4, 0.5) is 0 Å². The van der Waals surface area contributed by atoms with Crippen LogP contribution in [0.5, 0.6) is 0 Å². The largest absolute Gasteiger partial charge is 0.381 e. The van der Waals surface area contributed by atoms with Crippen LogP contribution in [0.15, 0.2) is 0 Å². The van der Waals surface area contributed by atoms with Gasteiger partial charge in [-0.1, -0.05) is 0 Å². The molecule has 4 heteroatoms. The molecule has 0 aromatic carbocycles. The van der Waals surface area contributed by atoms with E-state index in [4.69, 9.17) is 4.74 Å². The molecule has 3 heterocycles. The van der Waals surface area contributed by atoms with E-state index < -0.39 is 0 Å². The minimum Gasteiger partial charge on any atom is -0.381 e. The average molecular weight is 238 g/mol. The van der Waals surface area contributed by atoms with Gasteiger partial charge in [0.25, 0.3) is 0 Å². The number of carbonyl (C=O) groups excluding carboxylic acids is 1. The highest BCUT2D eigenvalue weighted by molar-refractivity contribution is 5.80. The number of ether oxygens (including phenoxy) is 1. The summed E-state index contributed by atoms with van der Waals surface area (Å²) in [6.07, 6.45) is 5.71. The molecule has 3 fully saturated rings. The molecule has 17 heavy (non-hydrogen) atoms. The summed E-state index contributed by atoms with van der Waals surface area (Å²) in [4.78, 5) is 12.0. The minimum absolute atomic E-state index is 0.230. The van der Waals surface area contributed by atoms with Gasteiger partial charge in [0, 0.05) is 31.8 Å². The number of fused-ring (bicyclic) bond motifs is 2. The number of hydrogen-bond acceptors (Lipinski definition) is 3. The number of amides is 1. The first-order valence-electron chi connectivity index (χ1n) is 6.94. The monoisotopic (exact) mass is 238 g/mol. The van der Waals surface area contributed by atoms with Crippen LogP contribution in [-0.2, 0) is 9.53 Å². The van der Waals surface area contributed by atoms with Crippen LogP contribution in [0, 0.1) is 11.8 Å². The molecule has 3 saturated heterocycles. The van der Waals surface area contributed by atoms with E-state index in [-0.39, 0.29) is 11.8 Å². The lowest BCUT2D eigenvalue weighted by Crippen LogP contribution is -2.38. The predicted octanol–water partition coefficient (Wildman–Crippen LogP) is 0.670. The molecule has 4 atom stereocenters. The Hall–Kier alpha value is -0.610. The number of hydrogen-bond donors (Lipinski definition) is 2. The Labute approximate surface area is 102 Å². The van der Waals surface area contributed by atoms with Gasteiger partial charge in [-0.15, -0.1) is 0 Å². The highest BCUT2D eigenvalue weighted by Gasteiger charge is 2.42. The molecule has 1 amide bonds. The van der Waals surface area contributed by atoms with E-state index in [2.05, 4.69) is 10.6 Å². The van der Waals surface area contributed by atoms with Crippen molar-refractivity contribution in [2.75, 3.05) is 19.8 Å². The van der Waals surface area contributed by atoms with Crippen LogP contribution in [0.3, 0.4) is 0 Å². The highest BCUT2D eigenvalue weighted by Crippen LogP contribution is 2.33. The second kappa shape index (κ2) is 4.94. The van der Waals surface area contributed by atoms with Gasteiger partial charge in [0.2, 0.25) is 5.91 Å². The Bertz CT molecular complexity index is 289. The standard InChI is InChI=1S/C13H22N2O2/c16-13(11-7-10-1-2-12(11)15-10)14-5-3-9-4-6-17-8-9/h9-12,15H,1-8H2,(H,14,16). The Kier molecular flexibility index (Phi) is 3.34. The lowest BCUT2D eigenvalue weighted by atomic mass is 9.88. The summed E-state index contributed by atoms with van der Waals surface area (Å²) < 4.78 is 5.33. The molecule has 96 valence electrons. The Balaban J connectivity index is 1.38. The molecule has 4 nitrogen and oxygen atoms in total. The average Bonchev–Trinajstić information content (AvgIpc) is 3.05. The van der Waals surface area contributed by atoms with Gasteiger partial charge in [-0.3, -0.25) is 4.79 Å². The van der Waals surface area contributed by atoms with Crippen molar-refractivity contribution in [3.8, 4) is 0 Å². The van der Waals surface area contributed by atoms with Gasteiger partial charge in [-0.05, 0) is 38.0 Å². The van der Waals surface area contributed by atoms with E-state index in [0.29, 0.717) is 18.0 Å². The van der Waals surface area contributed by atoms with Gasteiger partial charge >= 0.3 is 0 Å². The number of nitrogens with one attached hydrogen (secondary N) is 2. The Morgan fingerprint density at radius 2 is 2.29 bits per heavy atom. The Morgan fingerprint density at radius 3 is 2.94 bits per heavy atom. The van der Waals surface area contributed by atoms with Gasteiger partial charge in [-0.25, -0.2) is 0 Å². The van der Waals surface area contributed by atoms with Crippen molar-refractivity contribution >= 4 is 5.91 Å². The summed E-state index contributed by atoms with van der Waals surface area (Å²) >= 11 is 0. The topological polar surface area (TPSA) is 50.4 Å². The molecule has 2 N–H and O–H groups in total. The van der Waals surface area contributed by atoms with Gasteiger partial charge in [-0.2, -0.15) is 0 Å². The summed E-state index contributed by atoms with van der Waals surface area (Å²) in [7, 11) is 0. The molecule has 4 unspecified atom stereocenters. The van der Waals surface area contributed by atoms with Crippen molar-refractivity contribution in [1.82, 2.24) is 10.6 Å². The molecule has 3 aliphatic rings. The first kappa shape index (κ1) is 11.5. The van der Waals surface area contributed by atoms with Crippen molar-refractivity contribution in [2.45, 2.75) is 44.2 Å². The molecule has 0 aromatic rings. The second-order valence-corrected chi connectivity index (χ2v) is 5.70. The van der Waals surface area contributed by atoms with Crippen molar-refractivity contribution in [3.05, 3.63) is 0 Å². The summed E-state index contributed by atoms with van der Waals surface area (Å²) in [5.41, 5.74) is 0. The predicted molar refractivity (Wildman–Crippen MR) is 64.6 cm³/mol. The van der Waals surface area contributed by atoms with E-state index in [1.54, 1.807) is 0 Å². The normalized spacial score (nSPS) is 39.8. The van der Waals surface area contributed by atoms with Crippen molar-refractivity contribution < 1.29 is 9.53 Å². The molecule has 0 spiro atoms. The fraction of sp³-hybridized carbons (Fsp3) is 0.923. The molecule has 3 rings (SSSR count). The van der Waals surface area contributed by atoms with Crippen molar-refractivity contribution in [3.63, 3.8) is 0 Å². The quantitative estimate of drug-likeness (QED) is 0.757. The zero-order valence-corrected chi connectivity index (χ0v) is 10.3. The third-order valence-corrected chi connectivity index (χ3v) is 4.51. The molecule has 3 aliphatic heterocycles. The van der Waals surface area contributed by atoms with Gasteiger partial charge in [0.1, 0.15) is 0 Å². The zero-order chi connectivity index (χ0) is 11.7. The summed E-state index contributed by atoms with van der Waals surface area (Å²) in [6, 6.07) is 1.06. The number of carbonyl (C=O) groups is 1. The van der Waals surface area contributed by atoms with Gasteiger partial charge in [0.15, 0.2) is 0 Å². The maximum Gasteiger partial charge on any atom is 0.224 e. The number of rotatable bonds is 4. The van der Waals surface area contributed by atoms with Gasteiger partial charge < -0.3 is 15.4 Å². The van der Waals surface area contributed by atoms with Crippen molar-refractivity contribution in [1.29, 1.82) is 0 Å². The van der Waals surface area contributed by atoms with Crippen LogP contribution in [-0.4, -0.2) is 37.7 Å². The molecule has 2 bridgehead atoms. The van der Waals surface area contributed by atoms with Crippen LogP contribution in [0.2, 0.25) is 0 Å². The fourth-order valence-corrected chi connectivity index (χ4v) is 3.46. The SMILES string of the molecule is O=C(NCCC1CCOC1)C1CC2CCC1N2. The molecule has 0 radical (unpaired) electrons. The molecule has 0 aliphatic carbocycles. The zero-order valence-electron chi connectivity index (χ0n) is 10.3. The lowest BCUT2D eigenvalue weighted by molar-refractivity contribution is -0.125. The van der Waals surface area contributed by atoms with E-state index in [9.17, 15) is 4.79 Å². The second-order valence-electron chi connectivity index (χ2n) is 5.70. The van der Waals surface area contributed by atoms with Crippen LogP contribution in [0.1, 0.15) is 32.1 Å². The van der Waals surface area contributed by atoms with E-state index in [1.165, 1.54) is 12.8 Å². The van der Waals surface area contributed by atoms with E-state index in [0.717, 1.165) is 39.0 Å². The van der Waals surface area contributed by atoms with Crippen LogP contribution < -0.4 is 10.6 Å². The molecular weight excluding hydrogens is 216 g/mol. The molecule has 0 saturated carbocycles. The lowest BCUT2D eigenvalue weighted by Gasteiger charge is -2.19. The third-order valence-electron chi connectivity index (χ3n) is 4.51.